The third-order valence-electron chi connectivity index (χ3n) is 4.06. The van der Waals surface area contributed by atoms with Gasteiger partial charge in [-0.1, -0.05) is 36.0 Å². The summed E-state index contributed by atoms with van der Waals surface area (Å²) in [6, 6.07) is 9.45. The molecule has 0 saturated heterocycles. The zero-order valence-electron chi connectivity index (χ0n) is 15.5. The van der Waals surface area contributed by atoms with Crippen molar-refractivity contribution >= 4 is 29.2 Å². The van der Waals surface area contributed by atoms with Gasteiger partial charge >= 0.3 is 0 Å². The fourth-order valence-electron chi connectivity index (χ4n) is 2.75. The molecule has 0 unspecified atom stereocenters. The number of hydrogen-bond donors (Lipinski definition) is 1. The Bertz CT molecular complexity index is 982. The van der Waals surface area contributed by atoms with Crippen molar-refractivity contribution < 1.29 is 9.59 Å². The quantitative estimate of drug-likeness (QED) is 0.498. The Hall–Kier alpha value is -2.74. The van der Waals surface area contributed by atoms with E-state index >= 15 is 0 Å². The molecule has 1 amide bonds. The van der Waals surface area contributed by atoms with Gasteiger partial charge in [0.1, 0.15) is 0 Å². The van der Waals surface area contributed by atoms with Crippen LogP contribution in [0, 0.1) is 13.8 Å². The number of aryl methyl sites for hydroxylation is 2. The maximum absolute atomic E-state index is 12.5. The Morgan fingerprint density at radius 1 is 1.15 bits per heavy atom. The minimum atomic E-state index is -0.0413. The maximum Gasteiger partial charge on any atom is 0.256 e. The Labute approximate surface area is 161 Å². The lowest BCUT2D eigenvalue weighted by molar-refractivity contribution is -0.118. The second-order valence-electron chi connectivity index (χ2n) is 6.30. The lowest BCUT2D eigenvalue weighted by Gasteiger charge is -2.05. The van der Waals surface area contributed by atoms with Gasteiger partial charge < -0.3 is 5.32 Å². The lowest BCUT2D eigenvalue weighted by Crippen LogP contribution is -2.22. The molecule has 3 aromatic rings. The number of rotatable bonds is 7. The standard InChI is InChI=1S/C19H21N5O2S/c1-12-10-13(2)24-18(21-12)22-23-19(24)27-11-17(26)16-6-4-15(5-7-16)8-9-20-14(3)25/h4-7,10H,8-9,11H2,1-3H3,(H,20,25). The molecular weight excluding hydrogens is 362 g/mol. The van der Waals surface area contributed by atoms with Crippen LogP contribution in [0.15, 0.2) is 35.5 Å². The Kier molecular flexibility index (Phi) is 5.85. The molecule has 8 heteroatoms. The number of aromatic nitrogens is 4. The van der Waals surface area contributed by atoms with Crippen LogP contribution in [-0.2, 0) is 11.2 Å². The molecule has 2 heterocycles. The highest BCUT2D eigenvalue weighted by atomic mass is 32.2. The van der Waals surface area contributed by atoms with Crippen LogP contribution in [0.5, 0.6) is 0 Å². The van der Waals surface area contributed by atoms with Crippen molar-refractivity contribution in [1.82, 2.24) is 24.9 Å². The summed E-state index contributed by atoms with van der Waals surface area (Å²) in [5.41, 5.74) is 3.61. The number of nitrogens with one attached hydrogen (secondary N) is 1. The van der Waals surface area contributed by atoms with E-state index in [9.17, 15) is 9.59 Å². The number of amides is 1. The van der Waals surface area contributed by atoms with E-state index in [2.05, 4.69) is 20.5 Å². The minimum Gasteiger partial charge on any atom is -0.356 e. The van der Waals surface area contributed by atoms with E-state index in [-0.39, 0.29) is 17.4 Å². The van der Waals surface area contributed by atoms with Crippen molar-refractivity contribution in [2.75, 3.05) is 12.3 Å². The first kappa shape index (κ1) is 19.0. The highest BCUT2D eigenvalue weighted by Gasteiger charge is 2.13. The van der Waals surface area contributed by atoms with Crippen LogP contribution in [-0.4, -0.2) is 43.6 Å². The fraction of sp³-hybridized carbons (Fsp3) is 0.316. The summed E-state index contributed by atoms with van der Waals surface area (Å²) in [5.74, 6) is 0.814. The van der Waals surface area contributed by atoms with Gasteiger partial charge in [-0.3, -0.25) is 14.0 Å². The maximum atomic E-state index is 12.5. The predicted molar refractivity (Wildman–Crippen MR) is 104 cm³/mol. The molecule has 0 atom stereocenters. The largest absolute Gasteiger partial charge is 0.356 e. The van der Waals surface area contributed by atoms with Crippen molar-refractivity contribution in [3.63, 3.8) is 0 Å². The lowest BCUT2D eigenvalue weighted by atomic mass is 10.1. The van der Waals surface area contributed by atoms with Gasteiger partial charge in [0, 0.05) is 30.4 Å². The van der Waals surface area contributed by atoms with Crippen LogP contribution >= 0.6 is 11.8 Å². The third-order valence-corrected chi connectivity index (χ3v) is 4.99. The molecule has 0 aliphatic heterocycles. The number of thioether (sulfide) groups is 1. The van der Waals surface area contributed by atoms with Gasteiger partial charge in [0.25, 0.3) is 5.78 Å². The molecule has 1 N–H and O–H groups in total. The van der Waals surface area contributed by atoms with Crippen LogP contribution in [0.25, 0.3) is 5.78 Å². The van der Waals surface area contributed by atoms with Gasteiger partial charge in [-0.15, -0.1) is 10.2 Å². The molecule has 0 aliphatic carbocycles. The molecule has 1 aromatic carbocycles. The summed E-state index contributed by atoms with van der Waals surface area (Å²) in [7, 11) is 0. The van der Waals surface area contributed by atoms with E-state index in [0.29, 0.717) is 23.0 Å². The molecule has 0 fully saturated rings. The van der Waals surface area contributed by atoms with E-state index in [1.54, 1.807) is 0 Å². The van der Waals surface area contributed by atoms with E-state index in [4.69, 9.17) is 0 Å². The number of Topliss-reactive ketones (excluding diaryl/α,β-unsaturated/α-hetero) is 1. The summed E-state index contributed by atoms with van der Waals surface area (Å²) in [6.45, 7) is 5.97. The van der Waals surface area contributed by atoms with Gasteiger partial charge in [0.2, 0.25) is 5.91 Å². The van der Waals surface area contributed by atoms with Crippen molar-refractivity contribution in [2.45, 2.75) is 32.3 Å². The minimum absolute atomic E-state index is 0.0304. The molecule has 0 radical (unpaired) electrons. The molecule has 27 heavy (non-hydrogen) atoms. The molecule has 140 valence electrons. The monoisotopic (exact) mass is 383 g/mol. The van der Waals surface area contributed by atoms with Gasteiger partial charge in [-0.05, 0) is 31.9 Å². The van der Waals surface area contributed by atoms with Crippen LogP contribution in [0.1, 0.15) is 34.2 Å². The number of ketones is 1. The van der Waals surface area contributed by atoms with Crippen molar-refractivity contribution in [2.24, 2.45) is 0 Å². The Morgan fingerprint density at radius 3 is 2.59 bits per heavy atom. The molecule has 2 aromatic heterocycles. The second kappa shape index (κ2) is 8.30. The van der Waals surface area contributed by atoms with E-state index in [0.717, 1.165) is 23.4 Å². The predicted octanol–water partition coefficient (Wildman–Crippen LogP) is 2.39. The number of carbonyl (C=O) groups excluding carboxylic acids is 2. The van der Waals surface area contributed by atoms with Gasteiger partial charge in [0.05, 0.1) is 5.75 Å². The van der Waals surface area contributed by atoms with Gasteiger partial charge in [0.15, 0.2) is 10.9 Å². The van der Waals surface area contributed by atoms with Crippen molar-refractivity contribution in [3.05, 3.63) is 52.8 Å². The van der Waals surface area contributed by atoms with Crippen LogP contribution in [0.2, 0.25) is 0 Å². The topological polar surface area (TPSA) is 89.2 Å². The number of benzene rings is 1. The van der Waals surface area contributed by atoms with E-state index < -0.39 is 0 Å². The average Bonchev–Trinajstić information content (AvgIpc) is 3.03. The SMILES string of the molecule is CC(=O)NCCc1ccc(C(=O)CSc2nnc3nc(C)cc(C)n23)cc1. The first-order valence-corrected chi connectivity index (χ1v) is 9.61. The van der Waals surface area contributed by atoms with Crippen LogP contribution in [0.4, 0.5) is 0 Å². The summed E-state index contributed by atoms with van der Waals surface area (Å²) in [4.78, 5) is 27.7. The van der Waals surface area contributed by atoms with E-state index in [1.807, 2.05) is 48.6 Å². The number of hydrogen-bond acceptors (Lipinski definition) is 6. The molecular formula is C19H21N5O2S. The van der Waals surface area contributed by atoms with Crippen molar-refractivity contribution in [3.8, 4) is 0 Å². The molecule has 0 bridgehead atoms. The van der Waals surface area contributed by atoms with Gasteiger partial charge in [-0.25, -0.2) is 4.98 Å². The van der Waals surface area contributed by atoms with Crippen LogP contribution in [0.3, 0.4) is 0 Å². The highest BCUT2D eigenvalue weighted by Crippen LogP contribution is 2.20. The Balaban J connectivity index is 1.62. The van der Waals surface area contributed by atoms with Crippen LogP contribution < -0.4 is 5.32 Å². The number of nitrogens with zero attached hydrogens (tertiary/aromatic N) is 4. The number of fused-ring (bicyclic) bond motifs is 1. The first-order chi connectivity index (χ1) is 12.9. The summed E-state index contributed by atoms with van der Waals surface area (Å²) in [6.07, 6.45) is 0.736. The molecule has 0 aliphatic rings. The molecule has 7 nitrogen and oxygen atoms in total. The first-order valence-electron chi connectivity index (χ1n) is 8.63. The number of carbonyl (C=O) groups is 2. The normalized spacial score (nSPS) is 10.9. The summed E-state index contributed by atoms with van der Waals surface area (Å²) in [5, 5.41) is 11.7. The third kappa shape index (κ3) is 4.71. The summed E-state index contributed by atoms with van der Waals surface area (Å²) < 4.78 is 1.86. The average molecular weight is 383 g/mol. The molecule has 3 rings (SSSR count). The zero-order valence-corrected chi connectivity index (χ0v) is 16.3. The second-order valence-corrected chi connectivity index (χ2v) is 7.24. The van der Waals surface area contributed by atoms with E-state index in [1.165, 1.54) is 18.7 Å². The fourth-order valence-corrected chi connectivity index (χ4v) is 3.63. The van der Waals surface area contributed by atoms with Crippen molar-refractivity contribution in [1.29, 1.82) is 0 Å². The highest BCUT2D eigenvalue weighted by molar-refractivity contribution is 7.99. The summed E-state index contributed by atoms with van der Waals surface area (Å²) >= 11 is 1.35. The molecule has 0 spiro atoms. The smallest absolute Gasteiger partial charge is 0.256 e. The zero-order chi connectivity index (χ0) is 19.4. The Morgan fingerprint density at radius 2 is 1.89 bits per heavy atom. The van der Waals surface area contributed by atoms with Gasteiger partial charge in [-0.2, -0.15) is 0 Å². The molecule has 0 saturated carbocycles.